The molecule has 0 unspecified atom stereocenters. The van der Waals surface area contributed by atoms with E-state index in [2.05, 4.69) is 0 Å². The molecule has 3 N–H and O–H groups in total. The first kappa shape index (κ1) is 16.4. The molecule has 0 aromatic rings. The van der Waals surface area contributed by atoms with E-state index < -0.39 is 7.82 Å². The first-order chi connectivity index (χ1) is 2.00. The van der Waals surface area contributed by atoms with Crippen LogP contribution in [0.5, 0.6) is 0 Å². The van der Waals surface area contributed by atoms with Crippen molar-refractivity contribution in [2.45, 2.75) is 0 Å². The molecule has 0 aliphatic carbocycles. The molecule has 39 valence electrons. The summed E-state index contributed by atoms with van der Waals surface area (Å²) in [5.74, 6) is 0. The van der Waals surface area contributed by atoms with Gasteiger partial charge in [0.15, 0.2) is 0 Å². The SMILES string of the molecule is O=P(O)(O)O.[La].[SrH2]. The maximum atomic E-state index is 8.88. The second-order valence-electron chi connectivity index (χ2n) is 0.513. The first-order valence-corrected chi connectivity index (χ1v) is 2.35. The Kier molecular flexibility index (Phi) is 16.2. The Labute approximate surface area is 106 Å². The van der Waals surface area contributed by atoms with E-state index in [4.69, 9.17) is 19.2 Å². The Morgan fingerprint density at radius 2 is 1.14 bits per heavy atom. The molecule has 0 aliphatic heterocycles. The third-order valence-corrected chi connectivity index (χ3v) is 0. The van der Waals surface area contributed by atoms with Gasteiger partial charge >= 0.3 is 53.3 Å². The number of phosphoric acid groups is 1. The molecule has 0 saturated heterocycles. The van der Waals surface area contributed by atoms with Crippen LogP contribution in [-0.4, -0.2) is 60.2 Å². The van der Waals surface area contributed by atoms with Gasteiger partial charge in [-0.3, -0.25) is 0 Å². The van der Waals surface area contributed by atoms with E-state index in [1.54, 1.807) is 0 Å². The standard InChI is InChI=1S/La.H3O4P.Sr.2H/c;1-5(2,3)4;;;/h;(H3,1,2,3,4);;;. The van der Waals surface area contributed by atoms with E-state index in [9.17, 15) is 0 Å². The van der Waals surface area contributed by atoms with Crippen LogP contribution in [0.4, 0.5) is 0 Å². The molecular weight excluding hydrogens is 321 g/mol. The van der Waals surface area contributed by atoms with Crippen molar-refractivity contribution in [1.29, 1.82) is 0 Å². The summed E-state index contributed by atoms with van der Waals surface area (Å²) in [6, 6.07) is 0. The Balaban J connectivity index is -0.0000000800. The predicted octanol–water partition coefficient (Wildman–Crippen LogP) is -1.84. The molecule has 0 fully saturated rings. The van der Waals surface area contributed by atoms with Gasteiger partial charge in [-0.2, -0.15) is 0 Å². The number of hydrogen-bond donors (Lipinski definition) is 3. The van der Waals surface area contributed by atoms with Crippen molar-refractivity contribution in [2.75, 3.05) is 0 Å². The van der Waals surface area contributed by atoms with Crippen LogP contribution in [0.2, 0.25) is 0 Å². The van der Waals surface area contributed by atoms with Crippen LogP contribution in [0.1, 0.15) is 0 Å². The van der Waals surface area contributed by atoms with Crippen molar-refractivity contribution in [3.63, 3.8) is 0 Å². The summed E-state index contributed by atoms with van der Waals surface area (Å²) in [5, 5.41) is 0. The van der Waals surface area contributed by atoms with Crippen LogP contribution in [0, 0.1) is 35.6 Å². The van der Waals surface area contributed by atoms with Gasteiger partial charge in [0, 0.05) is 35.6 Å². The van der Waals surface area contributed by atoms with Crippen molar-refractivity contribution in [3.05, 3.63) is 0 Å². The fourth-order valence-electron chi connectivity index (χ4n) is 0. The van der Waals surface area contributed by atoms with Crippen molar-refractivity contribution in [1.82, 2.24) is 0 Å². The second-order valence-corrected chi connectivity index (χ2v) is 1.54. The summed E-state index contributed by atoms with van der Waals surface area (Å²) in [5.41, 5.74) is 0. The normalized spacial score (nSPS) is 8.43. The molecule has 0 amide bonds. The van der Waals surface area contributed by atoms with E-state index >= 15 is 0 Å². The van der Waals surface area contributed by atoms with E-state index in [1.807, 2.05) is 0 Å². The topological polar surface area (TPSA) is 77.8 Å². The molecule has 0 aromatic heterocycles. The monoisotopic (exact) mass is 327 g/mol. The summed E-state index contributed by atoms with van der Waals surface area (Å²) < 4.78 is 8.88. The molecule has 7 heteroatoms. The maximum absolute atomic E-state index is 8.88. The van der Waals surface area contributed by atoms with Gasteiger partial charge in [0.05, 0.1) is 0 Å². The van der Waals surface area contributed by atoms with Crippen molar-refractivity contribution < 1.29 is 54.8 Å². The van der Waals surface area contributed by atoms with Gasteiger partial charge in [-0.25, -0.2) is 4.57 Å². The zero-order chi connectivity index (χ0) is 4.50. The molecule has 4 nitrogen and oxygen atoms in total. The predicted molar refractivity (Wildman–Crippen MR) is 22.8 cm³/mol. The molecule has 0 aromatic carbocycles. The van der Waals surface area contributed by atoms with Crippen molar-refractivity contribution in [2.24, 2.45) is 0 Å². The second kappa shape index (κ2) is 6.90. The zero-order valence-corrected chi connectivity index (χ0v) is 7.29. The first-order valence-electron chi connectivity index (χ1n) is 0.783. The zero-order valence-electron chi connectivity index (χ0n) is 2.77. The summed E-state index contributed by atoms with van der Waals surface area (Å²) >= 11 is 0. The molecule has 7 heavy (non-hydrogen) atoms. The fraction of sp³-hybridized carbons (Fsp3) is 0. The molecule has 0 heterocycles. The van der Waals surface area contributed by atoms with E-state index in [0.29, 0.717) is 0 Å². The molecule has 0 spiro atoms. The van der Waals surface area contributed by atoms with Crippen LogP contribution < -0.4 is 0 Å². The summed E-state index contributed by atoms with van der Waals surface area (Å²) in [4.78, 5) is 21.6. The summed E-state index contributed by atoms with van der Waals surface area (Å²) in [7, 11) is -4.64. The summed E-state index contributed by atoms with van der Waals surface area (Å²) in [6.07, 6.45) is 0. The molecule has 0 aliphatic rings. The Morgan fingerprint density at radius 1 is 1.14 bits per heavy atom. The molecule has 0 saturated carbocycles. The quantitative estimate of drug-likeness (QED) is 0.361. The average molecular weight is 327 g/mol. The molecule has 1 radical (unpaired) electrons. The minimum absolute atomic E-state index is 0. The number of hydrogen-bond acceptors (Lipinski definition) is 1. The Morgan fingerprint density at radius 3 is 1.14 bits per heavy atom. The summed E-state index contributed by atoms with van der Waals surface area (Å²) in [6.45, 7) is 0. The van der Waals surface area contributed by atoms with Crippen LogP contribution in [0.15, 0.2) is 0 Å². The Bertz CT molecular complexity index is 57.8. The molecular formula is H5LaO4PSr. The van der Waals surface area contributed by atoms with Gasteiger partial charge in [0.25, 0.3) is 0 Å². The van der Waals surface area contributed by atoms with Crippen LogP contribution in [0.25, 0.3) is 0 Å². The molecule has 0 rings (SSSR count). The van der Waals surface area contributed by atoms with Gasteiger partial charge in [-0.1, -0.05) is 0 Å². The van der Waals surface area contributed by atoms with Gasteiger partial charge in [0.1, 0.15) is 0 Å². The van der Waals surface area contributed by atoms with Crippen molar-refractivity contribution in [3.8, 4) is 0 Å². The van der Waals surface area contributed by atoms with Crippen LogP contribution in [-0.2, 0) is 4.57 Å². The average Bonchev–Trinajstić information content (AvgIpc) is 0.722. The fourth-order valence-corrected chi connectivity index (χ4v) is 0. The van der Waals surface area contributed by atoms with E-state index in [1.165, 1.54) is 0 Å². The van der Waals surface area contributed by atoms with E-state index in [-0.39, 0.29) is 81.1 Å². The van der Waals surface area contributed by atoms with Crippen molar-refractivity contribution >= 4 is 53.3 Å². The van der Waals surface area contributed by atoms with Crippen LogP contribution >= 0.6 is 7.82 Å². The van der Waals surface area contributed by atoms with Gasteiger partial charge in [0.2, 0.25) is 0 Å². The van der Waals surface area contributed by atoms with Gasteiger partial charge < -0.3 is 14.7 Å². The van der Waals surface area contributed by atoms with E-state index in [0.717, 1.165) is 0 Å². The molecule has 0 bridgehead atoms. The third-order valence-electron chi connectivity index (χ3n) is 0. The van der Waals surface area contributed by atoms with Gasteiger partial charge in [-0.15, -0.1) is 0 Å². The van der Waals surface area contributed by atoms with Crippen LogP contribution in [0.3, 0.4) is 0 Å². The molecule has 0 atom stereocenters. The number of rotatable bonds is 0. The minimum atomic E-state index is -4.64. The third kappa shape index (κ3) is 52.1. The Hall–Kier alpha value is 2.79. The van der Waals surface area contributed by atoms with Gasteiger partial charge in [-0.05, 0) is 0 Å².